The Hall–Kier alpha value is -1.75. The number of nitrogens with zero attached hydrogens (tertiary/aromatic N) is 3. The van der Waals surface area contributed by atoms with Crippen molar-refractivity contribution in [3.05, 3.63) is 30.2 Å². The van der Waals surface area contributed by atoms with Gasteiger partial charge < -0.3 is 10.2 Å². The van der Waals surface area contributed by atoms with Crippen molar-refractivity contribution in [3.8, 4) is 11.5 Å². The van der Waals surface area contributed by atoms with Gasteiger partial charge in [0, 0.05) is 17.3 Å². The van der Waals surface area contributed by atoms with Crippen molar-refractivity contribution in [2.45, 2.75) is 32.7 Å². The van der Waals surface area contributed by atoms with Gasteiger partial charge in [-0.2, -0.15) is 0 Å². The molecule has 1 atom stereocenters. The van der Waals surface area contributed by atoms with E-state index in [4.69, 9.17) is 10.2 Å². The summed E-state index contributed by atoms with van der Waals surface area (Å²) in [4.78, 5) is 12.4. The lowest BCUT2D eigenvalue weighted by molar-refractivity contribution is 0.568. The molecular weight excluding hydrogens is 216 g/mol. The normalized spacial score (nSPS) is 12.6. The molecule has 2 heterocycles. The summed E-state index contributed by atoms with van der Waals surface area (Å²) in [6, 6.07) is 0.179. The topological polar surface area (TPSA) is 77.8 Å². The first-order chi connectivity index (χ1) is 8.18. The number of aryl methyl sites for hydroxylation is 1. The third-order valence-corrected chi connectivity index (χ3v) is 2.69. The van der Waals surface area contributed by atoms with Crippen LogP contribution < -0.4 is 5.73 Å². The highest BCUT2D eigenvalue weighted by atomic mass is 16.3. The zero-order valence-corrected chi connectivity index (χ0v) is 10.1. The predicted molar refractivity (Wildman–Crippen MR) is 64.2 cm³/mol. The Balaban J connectivity index is 2.27. The molecule has 1 unspecified atom stereocenters. The van der Waals surface area contributed by atoms with Gasteiger partial charge in [0.15, 0.2) is 12.2 Å². The zero-order chi connectivity index (χ0) is 12.3. The third-order valence-electron chi connectivity index (χ3n) is 2.69. The lowest BCUT2D eigenvalue weighted by Crippen LogP contribution is -2.16. The lowest BCUT2D eigenvalue weighted by atomic mass is 10.1. The monoisotopic (exact) mass is 232 g/mol. The first-order valence-corrected chi connectivity index (χ1v) is 5.63. The van der Waals surface area contributed by atoms with Gasteiger partial charge >= 0.3 is 0 Å². The Morgan fingerprint density at radius 3 is 2.88 bits per heavy atom. The number of oxazole rings is 1. The van der Waals surface area contributed by atoms with Crippen molar-refractivity contribution in [1.29, 1.82) is 0 Å². The summed E-state index contributed by atoms with van der Waals surface area (Å²) in [6.07, 6.45) is 6.38. The molecule has 0 bridgehead atoms. The van der Waals surface area contributed by atoms with Crippen molar-refractivity contribution in [2.24, 2.45) is 5.73 Å². The molecule has 5 nitrogen and oxygen atoms in total. The van der Waals surface area contributed by atoms with E-state index in [1.165, 1.54) is 6.39 Å². The maximum atomic E-state index is 5.75. The molecule has 0 spiro atoms. The van der Waals surface area contributed by atoms with Gasteiger partial charge in [-0.1, -0.05) is 0 Å². The molecule has 17 heavy (non-hydrogen) atoms. The molecule has 0 fully saturated rings. The largest absolute Gasteiger partial charge is 0.442 e. The van der Waals surface area contributed by atoms with Crippen LogP contribution in [0.5, 0.6) is 0 Å². The van der Waals surface area contributed by atoms with E-state index in [1.54, 1.807) is 12.5 Å². The highest BCUT2D eigenvalue weighted by Gasteiger charge is 2.11. The summed E-state index contributed by atoms with van der Waals surface area (Å²) in [5, 5.41) is 0. The van der Waals surface area contributed by atoms with Crippen LogP contribution in [0.2, 0.25) is 0 Å². The molecule has 0 saturated carbocycles. The van der Waals surface area contributed by atoms with E-state index in [9.17, 15) is 0 Å². The minimum Gasteiger partial charge on any atom is -0.442 e. The molecule has 0 aromatic carbocycles. The van der Waals surface area contributed by atoms with Crippen LogP contribution in [0.15, 0.2) is 23.3 Å². The molecule has 2 rings (SSSR count). The molecule has 0 aliphatic carbocycles. The molecule has 0 amide bonds. The van der Waals surface area contributed by atoms with Crippen LogP contribution in [0, 0.1) is 6.92 Å². The minimum absolute atomic E-state index is 0.179. The number of nitrogens with two attached hydrogens (primary N) is 1. The number of hydrogen-bond acceptors (Lipinski definition) is 5. The second-order valence-corrected chi connectivity index (χ2v) is 4.18. The van der Waals surface area contributed by atoms with Gasteiger partial charge in [-0.15, -0.1) is 0 Å². The predicted octanol–water partition coefficient (Wildman–Crippen LogP) is 1.72. The molecule has 2 N–H and O–H groups in total. The number of hydrogen-bond donors (Lipinski definition) is 1. The Morgan fingerprint density at radius 2 is 2.24 bits per heavy atom. The second kappa shape index (κ2) is 5.05. The van der Waals surface area contributed by atoms with Gasteiger partial charge in [0.2, 0.25) is 0 Å². The molecule has 90 valence electrons. The Labute approximate surface area is 100 Å². The zero-order valence-electron chi connectivity index (χ0n) is 10.1. The summed E-state index contributed by atoms with van der Waals surface area (Å²) in [5.41, 5.74) is 8.60. The van der Waals surface area contributed by atoms with Gasteiger partial charge in [-0.05, 0) is 26.7 Å². The fourth-order valence-electron chi connectivity index (χ4n) is 1.68. The van der Waals surface area contributed by atoms with Crippen molar-refractivity contribution in [3.63, 3.8) is 0 Å². The van der Waals surface area contributed by atoms with Gasteiger partial charge in [-0.25, -0.2) is 15.0 Å². The summed E-state index contributed by atoms with van der Waals surface area (Å²) < 4.78 is 5.25. The van der Waals surface area contributed by atoms with E-state index in [-0.39, 0.29) is 6.04 Å². The highest BCUT2D eigenvalue weighted by Crippen LogP contribution is 2.22. The summed E-state index contributed by atoms with van der Waals surface area (Å²) in [6.45, 7) is 3.99. The number of rotatable bonds is 4. The maximum absolute atomic E-state index is 5.75. The third kappa shape index (κ3) is 2.68. The van der Waals surface area contributed by atoms with Crippen LogP contribution in [0.25, 0.3) is 11.5 Å². The summed E-state index contributed by atoms with van der Waals surface area (Å²) in [7, 11) is 0. The van der Waals surface area contributed by atoms with Crippen molar-refractivity contribution < 1.29 is 4.42 Å². The quantitative estimate of drug-likeness (QED) is 0.868. The van der Waals surface area contributed by atoms with Gasteiger partial charge in [0.05, 0.1) is 6.20 Å². The fraction of sp³-hybridized carbons (Fsp3) is 0.417. The van der Waals surface area contributed by atoms with E-state index < -0.39 is 0 Å². The van der Waals surface area contributed by atoms with Crippen molar-refractivity contribution >= 4 is 0 Å². The summed E-state index contributed by atoms with van der Waals surface area (Å²) >= 11 is 0. The van der Waals surface area contributed by atoms with Crippen LogP contribution in [-0.2, 0) is 6.42 Å². The molecule has 0 radical (unpaired) electrons. The molecule has 0 saturated heterocycles. The lowest BCUT2D eigenvalue weighted by Gasteiger charge is -2.08. The van der Waals surface area contributed by atoms with E-state index in [2.05, 4.69) is 15.0 Å². The first-order valence-electron chi connectivity index (χ1n) is 5.63. The Kier molecular flexibility index (Phi) is 3.49. The van der Waals surface area contributed by atoms with E-state index in [1.807, 2.05) is 13.8 Å². The molecule has 5 heteroatoms. The average Bonchev–Trinajstić information content (AvgIpc) is 2.81. The molecule has 0 aliphatic rings. The highest BCUT2D eigenvalue weighted by molar-refractivity contribution is 5.56. The van der Waals surface area contributed by atoms with Crippen LogP contribution in [0.3, 0.4) is 0 Å². The Morgan fingerprint density at radius 1 is 1.41 bits per heavy atom. The van der Waals surface area contributed by atoms with Crippen LogP contribution in [0.1, 0.15) is 24.6 Å². The molecule has 2 aromatic rings. The second-order valence-electron chi connectivity index (χ2n) is 4.18. The molecule has 0 aliphatic heterocycles. The number of aromatic nitrogens is 3. The van der Waals surface area contributed by atoms with Crippen LogP contribution >= 0.6 is 0 Å². The SMILES string of the molecule is Cc1c(CCC(C)N)ncnc1-c1cnco1. The smallest absolute Gasteiger partial charge is 0.181 e. The van der Waals surface area contributed by atoms with Crippen molar-refractivity contribution in [1.82, 2.24) is 15.0 Å². The standard InChI is InChI=1S/C12H16N4O/c1-8(13)3-4-10-9(2)12(16-6-15-10)11-5-14-7-17-11/h5-8H,3-4,13H2,1-2H3. The molecule has 2 aromatic heterocycles. The van der Waals surface area contributed by atoms with Gasteiger partial charge in [0.25, 0.3) is 0 Å². The maximum Gasteiger partial charge on any atom is 0.181 e. The fourth-order valence-corrected chi connectivity index (χ4v) is 1.68. The molecular formula is C12H16N4O. The minimum atomic E-state index is 0.179. The summed E-state index contributed by atoms with van der Waals surface area (Å²) in [5.74, 6) is 0.673. The van der Waals surface area contributed by atoms with Gasteiger partial charge in [-0.3, -0.25) is 0 Å². The van der Waals surface area contributed by atoms with Crippen LogP contribution in [0.4, 0.5) is 0 Å². The first kappa shape index (κ1) is 11.7. The van der Waals surface area contributed by atoms with E-state index >= 15 is 0 Å². The average molecular weight is 232 g/mol. The van der Waals surface area contributed by atoms with Gasteiger partial charge in [0.1, 0.15) is 12.0 Å². The van der Waals surface area contributed by atoms with E-state index in [0.717, 1.165) is 29.8 Å². The Bertz CT molecular complexity index is 479. The van der Waals surface area contributed by atoms with Crippen molar-refractivity contribution in [2.75, 3.05) is 0 Å². The van der Waals surface area contributed by atoms with Crippen LogP contribution in [-0.4, -0.2) is 21.0 Å². The van der Waals surface area contributed by atoms with E-state index in [0.29, 0.717) is 5.76 Å².